The largest absolute Gasteiger partial charge is 0.291 e. The van der Waals surface area contributed by atoms with Crippen LogP contribution in [-0.2, 0) is 0 Å². The second kappa shape index (κ2) is 4.61. The van der Waals surface area contributed by atoms with E-state index >= 15 is 0 Å². The molecule has 0 unspecified atom stereocenters. The second-order valence-corrected chi connectivity index (χ2v) is 6.58. The lowest BCUT2D eigenvalue weighted by molar-refractivity contribution is -0.0474. The summed E-state index contributed by atoms with van der Waals surface area (Å²) in [4.78, 5) is 2.35. The average Bonchev–Trinajstić information content (AvgIpc) is 2.31. The molecule has 94 valence electrons. The van der Waals surface area contributed by atoms with Gasteiger partial charge in [0.1, 0.15) is 0 Å². The SMILES string of the molecule is CCN(CC#N)CC1C2CC3CC(C2)CC1C3. The van der Waals surface area contributed by atoms with Crippen molar-refractivity contribution in [2.45, 2.75) is 39.0 Å². The van der Waals surface area contributed by atoms with Gasteiger partial charge < -0.3 is 0 Å². The maximum absolute atomic E-state index is 8.86. The van der Waals surface area contributed by atoms with Crippen LogP contribution in [0.15, 0.2) is 0 Å². The molecule has 0 aromatic rings. The Morgan fingerprint density at radius 1 is 1.06 bits per heavy atom. The molecule has 2 heteroatoms. The Kier molecular flexibility index (Phi) is 3.13. The highest BCUT2D eigenvalue weighted by Gasteiger charge is 2.48. The van der Waals surface area contributed by atoms with Crippen LogP contribution < -0.4 is 0 Å². The Hall–Kier alpha value is -0.550. The van der Waals surface area contributed by atoms with E-state index < -0.39 is 0 Å². The Labute approximate surface area is 105 Å². The molecule has 0 aromatic heterocycles. The van der Waals surface area contributed by atoms with E-state index in [1.165, 1.54) is 38.6 Å². The molecule has 4 fully saturated rings. The van der Waals surface area contributed by atoms with Gasteiger partial charge in [-0.3, -0.25) is 4.90 Å². The van der Waals surface area contributed by atoms with Crippen LogP contribution in [-0.4, -0.2) is 24.5 Å². The summed E-state index contributed by atoms with van der Waals surface area (Å²) in [5.41, 5.74) is 0. The van der Waals surface area contributed by atoms with Gasteiger partial charge in [-0.1, -0.05) is 6.92 Å². The summed E-state index contributed by atoms with van der Waals surface area (Å²) in [5, 5.41) is 8.86. The minimum atomic E-state index is 0.624. The molecule has 0 atom stereocenters. The molecule has 0 spiro atoms. The molecule has 4 aliphatic carbocycles. The molecule has 0 N–H and O–H groups in total. The summed E-state index contributed by atoms with van der Waals surface area (Å²) in [7, 11) is 0. The number of nitriles is 1. The van der Waals surface area contributed by atoms with Crippen molar-refractivity contribution in [1.82, 2.24) is 4.90 Å². The highest BCUT2D eigenvalue weighted by atomic mass is 15.1. The second-order valence-electron chi connectivity index (χ2n) is 6.58. The molecule has 2 nitrogen and oxygen atoms in total. The summed E-state index contributed by atoms with van der Waals surface area (Å²) < 4.78 is 0. The maximum Gasteiger partial charge on any atom is 0.0865 e. The fraction of sp³-hybridized carbons (Fsp3) is 0.933. The third-order valence-electron chi connectivity index (χ3n) is 5.63. The Balaban J connectivity index is 1.66. The van der Waals surface area contributed by atoms with Crippen LogP contribution in [0.3, 0.4) is 0 Å². The number of rotatable bonds is 4. The molecule has 17 heavy (non-hydrogen) atoms. The standard InChI is InChI=1S/C15H24N2/c1-2-17(4-3-16)10-15-13-6-11-5-12(8-13)9-14(15)7-11/h11-15H,2,4-10H2,1H3. The predicted octanol–water partition coefficient (Wildman–Crippen LogP) is 2.90. The van der Waals surface area contributed by atoms with Crippen molar-refractivity contribution in [2.24, 2.45) is 29.6 Å². The third-order valence-corrected chi connectivity index (χ3v) is 5.63. The summed E-state index contributed by atoms with van der Waals surface area (Å²) >= 11 is 0. The Morgan fingerprint density at radius 3 is 2.12 bits per heavy atom. The zero-order chi connectivity index (χ0) is 11.8. The maximum atomic E-state index is 8.86. The first-order valence-electron chi connectivity index (χ1n) is 7.39. The van der Waals surface area contributed by atoms with Crippen molar-refractivity contribution in [1.29, 1.82) is 5.26 Å². The van der Waals surface area contributed by atoms with E-state index in [0.717, 1.165) is 36.1 Å². The molecule has 0 aromatic carbocycles. The first kappa shape index (κ1) is 11.5. The molecule has 0 amide bonds. The normalized spacial score (nSPS) is 43.0. The summed E-state index contributed by atoms with van der Waals surface area (Å²) in [6.07, 6.45) is 7.54. The molecule has 0 saturated heterocycles. The minimum Gasteiger partial charge on any atom is -0.291 e. The van der Waals surface area contributed by atoms with Gasteiger partial charge in [-0.2, -0.15) is 5.26 Å². The van der Waals surface area contributed by atoms with Gasteiger partial charge in [0.05, 0.1) is 12.6 Å². The molecular formula is C15H24N2. The van der Waals surface area contributed by atoms with Crippen molar-refractivity contribution >= 4 is 0 Å². The van der Waals surface area contributed by atoms with E-state index in [9.17, 15) is 0 Å². The predicted molar refractivity (Wildman–Crippen MR) is 68.3 cm³/mol. The molecule has 4 rings (SSSR count). The Morgan fingerprint density at radius 2 is 1.65 bits per heavy atom. The fourth-order valence-electron chi connectivity index (χ4n) is 5.04. The number of nitrogens with zero attached hydrogens (tertiary/aromatic N) is 2. The third kappa shape index (κ3) is 2.10. The van der Waals surface area contributed by atoms with Crippen molar-refractivity contribution in [2.75, 3.05) is 19.6 Å². The van der Waals surface area contributed by atoms with E-state index in [1.807, 2.05) is 0 Å². The van der Waals surface area contributed by atoms with Crippen molar-refractivity contribution < 1.29 is 0 Å². The molecule has 4 aliphatic rings. The summed E-state index contributed by atoms with van der Waals surface area (Å²) in [6.45, 7) is 5.04. The van der Waals surface area contributed by atoms with Gasteiger partial charge in [-0.25, -0.2) is 0 Å². The molecular weight excluding hydrogens is 208 g/mol. The van der Waals surface area contributed by atoms with Crippen LogP contribution in [0.4, 0.5) is 0 Å². The monoisotopic (exact) mass is 232 g/mol. The van der Waals surface area contributed by atoms with E-state index in [0.29, 0.717) is 6.54 Å². The lowest BCUT2D eigenvalue weighted by atomic mass is 9.52. The van der Waals surface area contributed by atoms with Gasteiger partial charge in [-0.15, -0.1) is 0 Å². The van der Waals surface area contributed by atoms with Crippen LogP contribution in [0.1, 0.15) is 39.0 Å². The lowest BCUT2D eigenvalue weighted by Crippen LogP contribution is -2.49. The van der Waals surface area contributed by atoms with Crippen LogP contribution >= 0.6 is 0 Å². The molecule has 0 radical (unpaired) electrons. The first-order chi connectivity index (χ1) is 8.30. The van der Waals surface area contributed by atoms with Crippen LogP contribution in [0.25, 0.3) is 0 Å². The van der Waals surface area contributed by atoms with Gasteiger partial charge in [0.15, 0.2) is 0 Å². The zero-order valence-electron chi connectivity index (χ0n) is 10.9. The summed E-state index contributed by atoms with van der Waals surface area (Å²) in [6, 6.07) is 2.32. The van der Waals surface area contributed by atoms with Crippen molar-refractivity contribution in [3.8, 4) is 6.07 Å². The quantitative estimate of drug-likeness (QED) is 0.697. The van der Waals surface area contributed by atoms with Gasteiger partial charge in [0, 0.05) is 6.54 Å². The van der Waals surface area contributed by atoms with E-state index in [4.69, 9.17) is 5.26 Å². The van der Waals surface area contributed by atoms with Gasteiger partial charge in [-0.05, 0) is 68.2 Å². The lowest BCUT2D eigenvalue weighted by Gasteiger charge is -2.55. The molecule has 0 heterocycles. The molecule has 4 bridgehead atoms. The summed E-state index contributed by atoms with van der Waals surface area (Å²) in [5.74, 6) is 5.05. The smallest absolute Gasteiger partial charge is 0.0865 e. The average molecular weight is 232 g/mol. The fourth-order valence-corrected chi connectivity index (χ4v) is 5.04. The van der Waals surface area contributed by atoms with Gasteiger partial charge in [0.2, 0.25) is 0 Å². The highest BCUT2D eigenvalue weighted by molar-refractivity contribution is 4.99. The van der Waals surface area contributed by atoms with Crippen molar-refractivity contribution in [3.05, 3.63) is 0 Å². The van der Waals surface area contributed by atoms with E-state index in [2.05, 4.69) is 17.9 Å². The van der Waals surface area contributed by atoms with Gasteiger partial charge >= 0.3 is 0 Å². The van der Waals surface area contributed by atoms with Crippen LogP contribution in [0, 0.1) is 40.9 Å². The van der Waals surface area contributed by atoms with E-state index in [1.54, 1.807) is 0 Å². The topological polar surface area (TPSA) is 27.0 Å². The zero-order valence-corrected chi connectivity index (χ0v) is 10.9. The highest BCUT2D eigenvalue weighted by Crippen LogP contribution is 2.56. The Bertz CT molecular complexity index is 289. The number of hydrogen-bond donors (Lipinski definition) is 0. The molecule has 4 saturated carbocycles. The number of hydrogen-bond acceptors (Lipinski definition) is 2. The minimum absolute atomic E-state index is 0.624. The van der Waals surface area contributed by atoms with E-state index in [-0.39, 0.29) is 0 Å². The molecule has 0 aliphatic heterocycles. The van der Waals surface area contributed by atoms with Crippen LogP contribution in [0.5, 0.6) is 0 Å². The van der Waals surface area contributed by atoms with Gasteiger partial charge in [0.25, 0.3) is 0 Å². The first-order valence-corrected chi connectivity index (χ1v) is 7.39. The van der Waals surface area contributed by atoms with Crippen LogP contribution in [0.2, 0.25) is 0 Å². The van der Waals surface area contributed by atoms with Crippen molar-refractivity contribution in [3.63, 3.8) is 0 Å².